The molecule has 1 saturated carbocycles. The monoisotopic (exact) mass is 233 g/mol. The van der Waals surface area contributed by atoms with Crippen molar-refractivity contribution < 1.29 is 4.39 Å². The van der Waals surface area contributed by atoms with Gasteiger partial charge in [-0.3, -0.25) is 0 Å². The third-order valence-corrected chi connectivity index (χ3v) is 3.16. The fourth-order valence-corrected chi connectivity index (χ4v) is 2.30. The van der Waals surface area contributed by atoms with Crippen molar-refractivity contribution in [3.8, 4) is 0 Å². The fourth-order valence-electron chi connectivity index (χ4n) is 2.30. The molecule has 0 spiro atoms. The summed E-state index contributed by atoms with van der Waals surface area (Å²) >= 11 is 0. The molecule has 0 radical (unpaired) electrons. The van der Waals surface area contributed by atoms with Crippen LogP contribution in [0.25, 0.3) is 11.0 Å². The number of hydrogen-bond acceptors (Lipinski definition) is 2. The van der Waals surface area contributed by atoms with Crippen LogP contribution in [0.3, 0.4) is 0 Å². The predicted molar refractivity (Wildman–Crippen MR) is 65.3 cm³/mol. The number of aromatic nitrogens is 2. The van der Waals surface area contributed by atoms with Crippen molar-refractivity contribution in [1.29, 1.82) is 0 Å². The fraction of sp³-hybridized carbons (Fsp3) is 0.462. The Bertz CT molecular complexity index is 555. The zero-order valence-electron chi connectivity index (χ0n) is 9.86. The van der Waals surface area contributed by atoms with Crippen LogP contribution in [0.5, 0.6) is 0 Å². The number of benzene rings is 1. The molecule has 1 fully saturated rings. The van der Waals surface area contributed by atoms with Crippen LogP contribution in [-0.4, -0.2) is 15.6 Å². The van der Waals surface area contributed by atoms with Crippen LogP contribution >= 0.6 is 0 Å². The lowest BCUT2D eigenvalue weighted by molar-refractivity contribution is 0.633. The number of nitrogens with two attached hydrogens (primary N) is 1. The Morgan fingerprint density at radius 1 is 1.53 bits per heavy atom. The van der Waals surface area contributed by atoms with Gasteiger partial charge in [0.2, 0.25) is 0 Å². The van der Waals surface area contributed by atoms with Crippen molar-refractivity contribution in [1.82, 2.24) is 9.55 Å². The molecule has 0 bridgehead atoms. The topological polar surface area (TPSA) is 43.8 Å². The first-order chi connectivity index (χ1) is 8.16. The summed E-state index contributed by atoms with van der Waals surface area (Å²) in [6, 6.07) is 5.69. The average Bonchev–Trinajstić information content (AvgIpc) is 3.01. The summed E-state index contributed by atoms with van der Waals surface area (Å²) in [5, 5.41) is 0. The first-order valence-electron chi connectivity index (χ1n) is 6.07. The van der Waals surface area contributed by atoms with E-state index in [1.165, 1.54) is 6.07 Å². The molecule has 1 aliphatic rings. The first-order valence-corrected chi connectivity index (χ1v) is 6.07. The minimum Gasteiger partial charge on any atom is -0.328 e. The van der Waals surface area contributed by atoms with Crippen molar-refractivity contribution in [2.75, 3.05) is 0 Å². The number of nitrogens with zero attached hydrogens (tertiary/aromatic N) is 2. The minimum atomic E-state index is -0.243. The number of hydrogen-bond donors (Lipinski definition) is 1. The van der Waals surface area contributed by atoms with E-state index in [2.05, 4.69) is 9.55 Å². The van der Waals surface area contributed by atoms with E-state index in [4.69, 9.17) is 5.73 Å². The van der Waals surface area contributed by atoms with Gasteiger partial charge in [0.25, 0.3) is 0 Å². The number of imidazole rings is 1. The minimum absolute atomic E-state index is 0.0485. The predicted octanol–water partition coefficient (Wildman–Crippen LogP) is 2.40. The van der Waals surface area contributed by atoms with Gasteiger partial charge in [0.15, 0.2) is 5.82 Å². The Balaban J connectivity index is 2.19. The Labute approximate surface area is 99.4 Å². The molecule has 2 N–H and O–H groups in total. The zero-order chi connectivity index (χ0) is 12.0. The van der Waals surface area contributed by atoms with E-state index in [0.717, 1.165) is 24.2 Å². The molecule has 90 valence electrons. The van der Waals surface area contributed by atoms with E-state index in [1.807, 2.05) is 13.0 Å². The maximum atomic E-state index is 13.7. The summed E-state index contributed by atoms with van der Waals surface area (Å²) in [6.07, 6.45) is 3.02. The molecule has 2 aromatic rings. The van der Waals surface area contributed by atoms with Crippen molar-refractivity contribution in [2.45, 2.75) is 38.3 Å². The molecule has 0 amide bonds. The van der Waals surface area contributed by atoms with E-state index >= 15 is 0 Å². The second-order valence-corrected chi connectivity index (χ2v) is 4.92. The lowest BCUT2D eigenvalue weighted by atomic mass is 10.2. The summed E-state index contributed by atoms with van der Waals surface area (Å²) < 4.78 is 15.9. The van der Waals surface area contributed by atoms with Crippen molar-refractivity contribution in [3.05, 3.63) is 29.8 Å². The Hall–Kier alpha value is -1.42. The zero-order valence-corrected chi connectivity index (χ0v) is 9.86. The highest BCUT2D eigenvalue weighted by atomic mass is 19.1. The van der Waals surface area contributed by atoms with Gasteiger partial charge >= 0.3 is 0 Å². The van der Waals surface area contributed by atoms with E-state index in [1.54, 1.807) is 6.07 Å². The van der Waals surface area contributed by atoms with Gasteiger partial charge in [0.05, 0.1) is 5.52 Å². The largest absolute Gasteiger partial charge is 0.328 e. The number of halogens is 1. The normalized spacial score (nSPS) is 17.6. The molecule has 1 aliphatic carbocycles. The van der Waals surface area contributed by atoms with Gasteiger partial charge < -0.3 is 10.3 Å². The summed E-state index contributed by atoms with van der Waals surface area (Å²) in [5.74, 6) is 0.676. The van der Waals surface area contributed by atoms with Crippen LogP contribution in [0, 0.1) is 5.82 Å². The maximum absolute atomic E-state index is 13.7. The first kappa shape index (κ1) is 10.7. The van der Waals surface area contributed by atoms with Crippen LogP contribution in [0.15, 0.2) is 18.2 Å². The molecule has 1 atom stereocenters. The highest BCUT2D eigenvalue weighted by Crippen LogP contribution is 2.39. The summed E-state index contributed by atoms with van der Waals surface area (Å²) in [6.45, 7) is 1.95. The maximum Gasteiger partial charge on any atom is 0.151 e. The van der Waals surface area contributed by atoms with Crippen LogP contribution < -0.4 is 5.73 Å². The molecular formula is C13H16FN3. The summed E-state index contributed by atoms with van der Waals surface area (Å²) in [5.41, 5.74) is 7.21. The van der Waals surface area contributed by atoms with Crippen molar-refractivity contribution in [3.63, 3.8) is 0 Å². The van der Waals surface area contributed by atoms with E-state index in [-0.39, 0.29) is 11.9 Å². The third-order valence-electron chi connectivity index (χ3n) is 3.16. The summed E-state index contributed by atoms with van der Waals surface area (Å²) in [4.78, 5) is 4.42. The Kier molecular flexibility index (Phi) is 2.40. The highest BCUT2D eigenvalue weighted by molar-refractivity contribution is 5.77. The Morgan fingerprint density at radius 2 is 2.29 bits per heavy atom. The quantitative estimate of drug-likeness (QED) is 0.884. The third kappa shape index (κ3) is 1.82. The average molecular weight is 233 g/mol. The standard InChI is InChI=1S/C13H16FN3/c1-8(15)7-12-16-13-10(14)3-2-4-11(13)17(12)9-5-6-9/h2-4,8-9H,5-7,15H2,1H3. The smallest absolute Gasteiger partial charge is 0.151 e. The van der Waals surface area contributed by atoms with Crippen LogP contribution in [0.4, 0.5) is 4.39 Å². The molecule has 1 aromatic heterocycles. The molecule has 17 heavy (non-hydrogen) atoms. The Morgan fingerprint density at radius 3 is 2.94 bits per heavy atom. The number of fused-ring (bicyclic) bond motifs is 1. The SMILES string of the molecule is CC(N)Cc1nc2c(F)cccc2n1C1CC1. The number of rotatable bonds is 3. The highest BCUT2D eigenvalue weighted by Gasteiger charge is 2.28. The van der Waals surface area contributed by atoms with Gasteiger partial charge in [-0.15, -0.1) is 0 Å². The van der Waals surface area contributed by atoms with Crippen LogP contribution in [0.2, 0.25) is 0 Å². The molecule has 1 unspecified atom stereocenters. The molecule has 1 aromatic carbocycles. The molecular weight excluding hydrogens is 217 g/mol. The molecule has 3 nitrogen and oxygen atoms in total. The van der Waals surface area contributed by atoms with Gasteiger partial charge in [-0.1, -0.05) is 6.07 Å². The molecule has 4 heteroatoms. The van der Waals surface area contributed by atoms with Gasteiger partial charge in [-0.25, -0.2) is 9.37 Å². The lowest BCUT2D eigenvalue weighted by Crippen LogP contribution is -2.20. The van der Waals surface area contributed by atoms with Gasteiger partial charge in [-0.2, -0.15) is 0 Å². The second-order valence-electron chi connectivity index (χ2n) is 4.92. The van der Waals surface area contributed by atoms with Crippen LogP contribution in [0.1, 0.15) is 31.6 Å². The van der Waals surface area contributed by atoms with E-state index in [9.17, 15) is 4.39 Å². The van der Waals surface area contributed by atoms with Crippen LogP contribution in [-0.2, 0) is 6.42 Å². The molecule has 0 saturated heterocycles. The molecule has 3 rings (SSSR count). The van der Waals surface area contributed by atoms with E-state index in [0.29, 0.717) is 18.0 Å². The van der Waals surface area contributed by atoms with E-state index < -0.39 is 0 Å². The number of para-hydroxylation sites is 1. The second kappa shape index (κ2) is 3.81. The van der Waals surface area contributed by atoms with Crippen molar-refractivity contribution >= 4 is 11.0 Å². The van der Waals surface area contributed by atoms with Gasteiger partial charge in [-0.05, 0) is 31.9 Å². The summed E-state index contributed by atoms with van der Waals surface area (Å²) in [7, 11) is 0. The lowest BCUT2D eigenvalue weighted by Gasteiger charge is -2.09. The van der Waals surface area contributed by atoms with Gasteiger partial charge in [0, 0.05) is 18.5 Å². The van der Waals surface area contributed by atoms with Crippen molar-refractivity contribution in [2.24, 2.45) is 5.73 Å². The molecule has 0 aliphatic heterocycles. The molecule has 1 heterocycles. The van der Waals surface area contributed by atoms with Gasteiger partial charge in [0.1, 0.15) is 11.3 Å².